The van der Waals surface area contributed by atoms with Crippen LogP contribution in [0.5, 0.6) is 5.75 Å². The highest BCUT2D eigenvalue weighted by Gasteiger charge is 1.97. The van der Waals surface area contributed by atoms with Crippen LogP contribution < -0.4 is 4.74 Å². The third kappa shape index (κ3) is 2.85. The first kappa shape index (κ1) is 9.58. The van der Waals surface area contributed by atoms with Crippen molar-refractivity contribution in [2.45, 2.75) is 13.0 Å². The molecule has 1 rings (SSSR count). The van der Waals surface area contributed by atoms with Crippen LogP contribution in [-0.4, -0.2) is 6.10 Å². The van der Waals surface area contributed by atoms with Crippen LogP contribution in [0.4, 0.5) is 0 Å². The fourth-order valence-corrected chi connectivity index (χ4v) is 1.14. The van der Waals surface area contributed by atoms with Crippen molar-refractivity contribution in [2.24, 2.45) is 0 Å². The summed E-state index contributed by atoms with van der Waals surface area (Å²) in [6.07, 6.45) is 1.85. The number of rotatable bonds is 3. The van der Waals surface area contributed by atoms with Gasteiger partial charge >= 0.3 is 0 Å². The van der Waals surface area contributed by atoms with E-state index in [0.29, 0.717) is 0 Å². The Hall–Kier alpha value is -0.510. The molecule has 1 atom stereocenters. The van der Waals surface area contributed by atoms with Crippen LogP contribution in [0.1, 0.15) is 6.92 Å². The molecule has 64 valence electrons. The molecule has 0 saturated carbocycles. The molecule has 0 fully saturated rings. The number of benzene rings is 1. The van der Waals surface area contributed by atoms with Gasteiger partial charge in [0, 0.05) is 3.57 Å². The molecule has 0 spiro atoms. The molecular formula is C10H11IO. The summed E-state index contributed by atoms with van der Waals surface area (Å²) in [5.74, 6) is 0.891. The van der Waals surface area contributed by atoms with Gasteiger partial charge < -0.3 is 4.74 Å². The largest absolute Gasteiger partial charge is 0.487 e. The van der Waals surface area contributed by atoms with E-state index in [-0.39, 0.29) is 6.10 Å². The minimum atomic E-state index is 0.0741. The minimum absolute atomic E-state index is 0.0741. The quantitative estimate of drug-likeness (QED) is 0.607. The maximum absolute atomic E-state index is 5.50. The van der Waals surface area contributed by atoms with Crippen molar-refractivity contribution in [3.05, 3.63) is 40.5 Å². The summed E-state index contributed by atoms with van der Waals surface area (Å²) in [5.41, 5.74) is 0. The fourth-order valence-electron chi connectivity index (χ4n) is 0.776. The molecule has 1 aromatic carbocycles. The van der Waals surface area contributed by atoms with E-state index in [1.165, 1.54) is 3.57 Å². The number of halogens is 1. The molecule has 0 heterocycles. The van der Waals surface area contributed by atoms with Gasteiger partial charge in [0.25, 0.3) is 0 Å². The van der Waals surface area contributed by atoms with Gasteiger partial charge in [0.2, 0.25) is 0 Å². The smallest absolute Gasteiger partial charge is 0.120 e. The number of hydrogen-bond donors (Lipinski definition) is 0. The normalized spacial score (nSPS) is 12.2. The summed E-state index contributed by atoms with van der Waals surface area (Å²) in [6.45, 7) is 5.61. The van der Waals surface area contributed by atoms with Crippen LogP contribution in [0.15, 0.2) is 36.9 Å². The van der Waals surface area contributed by atoms with Crippen molar-refractivity contribution < 1.29 is 4.74 Å². The molecule has 0 N–H and O–H groups in total. The molecule has 0 aromatic heterocycles. The van der Waals surface area contributed by atoms with Gasteiger partial charge in [-0.1, -0.05) is 12.7 Å². The Morgan fingerprint density at radius 1 is 1.42 bits per heavy atom. The SMILES string of the molecule is C=CC(C)Oc1ccc(I)cc1. The van der Waals surface area contributed by atoms with Crippen LogP contribution in [0.2, 0.25) is 0 Å². The zero-order chi connectivity index (χ0) is 8.97. The Labute approximate surface area is 86.6 Å². The monoisotopic (exact) mass is 274 g/mol. The fraction of sp³-hybridized carbons (Fsp3) is 0.200. The Kier molecular flexibility index (Phi) is 3.59. The minimum Gasteiger partial charge on any atom is -0.487 e. The van der Waals surface area contributed by atoms with Gasteiger partial charge in [0.15, 0.2) is 0 Å². The van der Waals surface area contributed by atoms with Crippen molar-refractivity contribution in [1.29, 1.82) is 0 Å². The zero-order valence-corrected chi connectivity index (χ0v) is 9.11. The standard InChI is InChI=1S/C10H11IO/c1-3-8(2)12-10-6-4-9(11)5-7-10/h3-8H,1H2,2H3. The van der Waals surface area contributed by atoms with E-state index in [1.807, 2.05) is 31.2 Å². The highest BCUT2D eigenvalue weighted by molar-refractivity contribution is 14.1. The second kappa shape index (κ2) is 4.50. The van der Waals surface area contributed by atoms with E-state index in [4.69, 9.17) is 4.74 Å². The van der Waals surface area contributed by atoms with Crippen LogP contribution in [0.3, 0.4) is 0 Å². The Balaban J connectivity index is 2.64. The van der Waals surface area contributed by atoms with Crippen LogP contribution >= 0.6 is 22.6 Å². The zero-order valence-electron chi connectivity index (χ0n) is 6.96. The molecule has 0 amide bonds. The third-order valence-corrected chi connectivity index (χ3v) is 2.19. The first-order chi connectivity index (χ1) is 5.72. The molecule has 2 heteroatoms. The summed E-state index contributed by atoms with van der Waals surface area (Å²) in [7, 11) is 0. The lowest BCUT2D eigenvalue weighted by Crippen LogP contribution is -2.06. The molecule has 1 unspecified atom stereocenters. The molecule has 0 aliphatic rings. The van der Waals surface area contributed by atoms with Gasteiger partial charge in [-0.15, -0.1) is 0 Å². The van der Waals surface area contributed by atoms with E-state index < -0.39 is 0 Å². The van der Waals surface area contributed by atoms with Gasteiger partial charge in [-0.3, -0.25) is 0 Å². The maximum atomic E-state index is 5.50. The van der Waals surface area contributed by atoms with Gasteiger partial charge in [-0.2, -0.15) is 0 Å². The molecule has 12 heavy (non-hydrogen) atoms. The van der Waals surface area contributed by atoms with Gasteiger partial charge in [0.05, 0.1) is 0 Å². The maximum Gasteiger partial charge on any atom is 0.120 e. The van der Waals surface area contributed by atoms with Gasteiger partial charge in [-0.25, -0.2) is 0 Å². The van der Waals surface area contributed by atoms with Gasteiger partial charge in [0.1, 0.15) is 11.9 Å². The second-order valence-electron chi connectivity index (χ2n) is 2.51. The lowest BCUT2D eigenvalue weighted by Gasteiger charge is -2.09. The molecule has 1 aromatic rings. The third-order valence-electron chi connectivity index (χ3n) is 1.47. The summed E-state index contributed by atoms with van der Waals surface area (Å²) in [6, 6.07) is 7.96. The van der Waals surface area contributed by atoms with Crippen LogP contribution in [-0.2, 0) is 0 Å². The van der Waals surface area contributed by atoms with Crippen LogP contribution in [0.25, 0.3) is 0 Å². The summed E-state index contributed by atoms with van der Waals surface area (Å²) in [5, 5.41) is 0. The van der Waals surface area contributed by atoms with Crippen molar-refractivity contribution in [3.8, 4) is 5.75 Å². The molecule has 0 bridgehead atoms. The topological polar surface area (TPSA) is 9.23 Å². The van der Waals surface area contributed by atoms with Crippen LogP contribution in [0, 0.1) is 3.57 Å². The first-order valence-electron chi connectivity index (χ1n) is 3.77. The predicted octanol–water partition coefficient (Wildman–Crippen LogP) is 3.24. The van der Waals surface area contributed by atoms with E-state index in [0.717, 1.165) is 5.75 Å². The van der Waals surface area contributed by atoms with Crippen molar-refractivity contribution in [1.82, 2.24) is 0 Å². The van der Waals surface area contributed by atoms with Crippen molar-refractivity contribution in [3.63, 3.8) is 0 Å². The predicted molar refractivity (Wildman–Crippen MR) is 59.4 cm³/mol. The lowest BCUT2D eigenvalue weighted by atomic mass is 10.3. The van der Waals surface area contributed by atoms with E-state index in [9.17, 15) is 0 Å². The average Bonchev–Trinajstić information content (AvgIpc) is 2.09. The Bertz CT molecular complexity index is 253. The molecule has 0 radical (unpaired) electrons. The van der Waals surface area contributed by atoms with E-state index in [2.05, 4.69) is 29.2 Å². The van der Waals surface area contributed by atoms with Crippen molar-refractivity contribution in [2.75, 3.05) is 0 Å². The molecule has 0 saturated heterocycles. The highest BCUT2D eigenvalue weighted by atomic mass is 127. The second-order valence-corrected chi connectivity index (χ2v) is 3.76. The molecule has 0 aliphatic carbocycles. The van der Waals surface area contributed by atoms with Crippen molar-refractivity contribution >= 4 is 22.6 Å². The number of ether oxygens (including phenoxy) is 1. The molecule has 0 aliphatic heterocycles. The first-order valence-corrected chi connectivity index (χ1v) is 4.85. The Morgan fingerprint density at radius 3 is 2.50 bits per heavy atom. The Morgan fingerprint density at radius 2 is 2.00 bits per heavy atom. The lowest BCUT2D eigenvalue weighted by molar-refractivity contribution is 0.270. The summed E-state index contributed by atoms with van der Waals surface area (Å²) >= 11 is 2.26. The summed E-state index contributed by atoms with van der Waals surface area (Å²) in [4.78, 5) is 0. The highest BCUT2D eigenvalue weighted by Crippen LogP contribution is 2.14. The average molecular weight is 274 g/mol. The van der Waals surface area contributed by atoms with Gasteiger partial charge in [-0.05, 0) is 53.8 Å². The number of hydrogen-bond acceptors (Lipinski definition) is 1. The molecular weight excluding hydrogens is 263 g/mol. The van der Waals surface area contributed by atoms with E-state index in [1.54, 1.807) is 6.08 Å². The summed E-state index contributed by atoms with van der Waals surface area (Å²) < 4.78 is 6.71. The van der Waals surface area contributed by atoms with E-state index >= 15 is 0 Å². The molecule has 1 nitrogen and oxygen atoms in total.